The number of carbonyl (C=O) groups is 1. The maximum Gasteiger partial charge on any atom is 0.374 e. The molecule has 2 heterocycles. The van der Waals surface area contributed by atoms with Crippen LogP contribution in [0.2, 0.25) is 0 Å². The van der Waals surface area contributed by atoms with E-state index < -0.39 is 16.8 Å². The first kappa shape index (κ1) is 18.2. The van der Waals surface area contributed by atoms with Gasteiger partial charge in [-0.05, 0) is 52.8 Å². The highest BCUT2D eigenvalue weighted by atomic mass is 35.5. The van der Waals surface area contributed by atoms with Crippen molar-refractivity contribution in [2.24, 2.45) is 4.99 Å². The van der Waals surface area contributed by atoms with Gasteiger partial charge in [-0.1, -0.05) is 29.8 Å². The zero-order valence-corrected chi connectivity index (χ0v) is 15.5. The van der Waals surface area contributed by atoms with Crippen molar-refractivity contribution < 1.29 is 14.3 Å². The second-order valence-corrected chi connectivity index (χ2v) is 7.77. The Labute approximate surface area is 152 Å². The molecule has 1 atom stereocenters. The van der Waals surface area contributed by atoms with Crippen molar-refractivity contribution in [1.82, 2.24) is 5.32 Å². The van der Waals surface area contributed by atoms with Crippen LogP contribution in [0.5, 0.6) is 0 Å². The normalized spacial score (nSPS) is 24.1. The zero-order valence-electron chi connectivity index (χ0n) is 14.8. The molecule has 0 aromatic heterocycles. The smallest absolute Gasteiger partial charge is 0.374 e. The molecule has 0 spiro atoms. The average Bonchev–Trinajstić information content (AvgIpc) is 2.54. The number of benzene rings is 1. The van der Waals surface area contributed by atoms with E-state index in [4.69, 9.17) is 21.1 Å². The summed E-state index contributed by atoms with van der Waals surface area (Å²) in [5.74, 6) is -0.501. The van der Waals surface area contributed by atoms with Gasteiger partial charge in [-0.3, -0.25) is 0 Å². The van der Waals surface area contributed by atoms with Gasteiger partial charge in [0.15, 0.2) is 0 Å². The Balaban J connectivity index is 1.91. The molecular formula is C18H24ClN3O3. The van der Waals surface area contributed by atoms with Gasteiger partial charge in [0.05, 0.1) is 6.10 Å². The Morgan fingerprint density at radius 2 is 1.96 bits per heavy atom. The molecule has 2 aliphatic heterocycles. The van der Waals surface area contributed by atoms with Crippen LogP contribution in [0.25, 0.3) is 0 Å². The molecule has 0 bridgehead atoms. The van der Waals surface area contributed by atoms with Crippen LogP contribution < -0.4 is 10.6 Å². The summed E-state index contributed by atoms with van der Waals surface area (Å²) >= 11 is 6.77. The summed E-state index contributed by atoms with van der Waals surface area (Å²) in [6.45, 7) is 7.17. The summed E-state index contributed by atoms with van der Waals surface area (Å²) in [6.07, 6.45) is 1.68. The first-order valence-corrected chi connectivity index (χ1v) is 8.92. The van der Waals surface area contributed by atoms with Gasteiger partial charge in [0.25, 0.3) is 5.18 Å². The highest BCUT2D eigenvalue weighted by molar-refractivity contribution is 6.42. The van der Waals surface area contributed by atoms with E-state index in [0.29, 0.717) is 11.3 Å². The molecule has 2 aliphatic rings. The Bertz CT molecular complexity index is 680. The van der Waals surface area contributed by atoms with Crippen molar-refractivity contribution in [2.75, 3.05) is 18.4 Å². The van der Waals surface area contributed by atoms with Gasteiger partial charge in [0, 0.05) is 11.3 Å². The number of piperidine rings is 1. The van der Waals surface area contributed by atoms with Gasteiger partial charge in [-0.25, -0.2) is 9.79 Å². The molecule has 3 rings (SSSR count). The molecule has 0 aliphatic carbocycles. The maximum atomic E-state index is 12.5. The summed E-state index contributed by atoms with van der Waals surface area (Å²) < 4.78 is 11.6. The minimum absolute atomic E-state index is 0.0199. The van der Waals surface area contributed by atoms with Crippen LogP contribution in [-0.4, -0.2) is 36.6 Å². The molecular weight excluding hydrogens is 342 g/mol. The fourth-order valence-electron chi connectivity index (χ4n) is 2.87. The topological polar surface area (TPSA) is 72.0 Å². The van der Waals surface area contributed by atoms with Crippen LogP contribution in [0.15, 0.2) is 29.3 Å². The first-order valence-electron chi connectivity index (χ1n) is 8.54. The molecule has 7 heteroatoms. The molecule has 1 aromatic rings. The fourth-order valence-corrected chi connectivity index (χ4v) is 3.24. The minimum Gasteiger partial charge on any atom is -0.454 e. The van der Waals surface area contributed by atoms with Crippen molar-refractivity contribution in [3.8, 4) is 0 Å². The van der Waals surface area contributed by atoms with Gasteiger partial charge >= 0.3 is 5.97 Å². The molecule has 25 heavy (non-hydrogen) atoms. The molecule has 1 aromatic carbocycles. The standard InChI is InChI=1S/C18H24ClN3O3/c1-17(2,3)25-16(23)15-21-14-7-5-4-6-13(14)18(19,22-15)24-12-8-10-20-11-9-12/h4-7,12,20H,8-11H2,1-3H3,(H,21,22). The Morgan fingerprint density at radius 3 is 2.64 bits per heavy atom. The third kappa shape index (κ3) is 4.32. The number of nitrogens with one attached hydrogen (secondary N) is 2. The molecule has 136 valence electrons. The van der Waals surface area contributed by atoms with Crippen LogP contribution >= 0.6 is 11.6 Å². The van der Waals surface area contributed by atoms with Crippen LogP contribution in [0.4, 0.5) is 5.69 Å². The van der Waals surface area contributed by atoms with Gasteiger partial charge in [-0.15, -0.1) is 0 Å². The molecule has 6 nitrogen and oxygen atoms in total. The van der Waals surface area contributed by atoms with Gasteiger partial charge in [-0.2, -0.15) is 0 Å². The maximum absolute atomic E-state index is 12.5. The van der Waals surface area contributed by atoms with Crippen LogP contribution in [0.3, 0.4) is 0 Å². The number of nitrogens with zero attached hydrogens (tertiary/aromatic N) is 1. The summed E-state index contributed by atoms with van der Waals surface area (Å²) in [5.41, 5.74) is 0.771. The molecule has 0 saturated carbocycles. The number of halogens is 1. The fraction of sp³-hybridized carbons (Fsp3) is 0.556. The molecule has 1 saturated heterocycles. The van der Waals surface area contributed by atoms with Crippen molar-refractivity contribution in [3.63, 3.8) is 0 Å². The third-order valence-corrected chi connectivity index (χ3v) is 4.35. The largest absolute Gasteiger partial charge is 0.454 e. The highest BCUT2D eigenvalue weighted by Crippen LogP contribution is 2.41. The van der Waals surface area contributed by atoms with E-state index in [1.165, 1.54) is 0 Å². The van der Waals surface area contributed by atoms with E-state index in [2.05, 4.69) is 15.6 Å². The Morgan fingerprint density at radius 1 is 1.28 bits per heavy atom. The lowest BCUT2D eigenvalue weighted by Gasteiger charge is -2.35. The van der Waals surface area contributed by atoms with Crippen molar-refractivity contribution >= 4 is 29.1 Å². The summed E-state index contributed by atoms with van der Waals surface area (Å²) in [6, 6.07) is 7.44. The van der Waals surface area contributed by atoms with Crippen LogP contribution in [-0.2, 0) is 19.5 Å². The number of amidine groups is 1. The predicted octanol–water partition coefficient (Wildman–Crippen LogP) is 2.97. The van der Waals surface area contributed by atoms with E-state index in [1.54, 1.807) is 0 Å². The summed E-state index contributed by atoms with van der Waals surface area (Å²) in [7, 11) is 0. The Kier molecular flexibility index (Phi) is 5.04. The Hall–Kier alpha value is -1.63. The minimum atomic E-state index is -1.43. The number of rotatable bonds is 3. The second kappa shape index (κ2) is 6.94. The third-order valence-electron chi connectivity index (χ3n) is 3.97. The number of aliphatic imine (C=N–C) groups is 1. The quantitative estimate of drug-likeness (QED) is 0.489. The number of carbonyl (C=O) groups excluding carboxylic acids is 1. The molecule has 1 unspecified atom stereocenters. The van der Waals surface area contributed by atoms with Gasteiger partial charge in [0.2, 0.25) is 5.84 Å². The van der Waals surface area contributed by atoms with Crippen molar-refractivity contribution in [2.45, 2.75) is 50.5 Å². The first-order chi connectivity index (χ1) is 11.8. The monoisotopic (exact) mass is 365 g/mol. The average molecular weight is 366 g/mol. The number of hydrogen-bond acceptors (Lipinski definition) is 6. The second-order valence-electron chi connectivity index (χ2n) is 7.26. The van der Waals surface area contributed by atoms with Crippen LogP contribution in [0, 0.1) is 0 Å². The van der Waals surface area contributed by atoms with E-state index in [0.717, 1.165) is 25.9 Å². The summed E-state index contributed by atoms with van der Waals surface area (Å²) in [4.78, 5) is 16.9. The number of alkyl halides is 1. The van der Waals surface area contributed by atoms with E-state index in [9.17, 15) is 4.79 Å². The SMILES string of the molecule is CC(C)(C)OC(=O)C1=NC(Cl)(OC2CCNCC2)c2ccccc2N1. The number of hydrogen-bond donors (Lipinski definition) is 2. The molecule has 0 amide bonds. The predicted molar refractivity (Wildman–Crippen MR) is 97.9 cm³/mol. The number of para-hydroxylation sites is 1. The highest BCUT2D eigenvalue weighted by Gasteiger charge is 2.41. The lowest BCUT2D eigenvalue weighted by Crippen LogP contribution is -2.42. The van der Waals surface area contributed by atoms with E-state index >= 15 is 0 Å². The molecule has 0 radical (unpaired) electrons. The summed E-state index contributed by atoms with van der Waals surface area (Å²) in [5, 5.41) is 4.87. The number of anilines is 1. The number of ether oxygens (including phenoxy) is 2. The van der Waals surface area contributed by atoms with E-state index in [-0.39, 0.29) is 11.9 Å². The van der Waals surface area contributed by atoms with E-state index in [1.807, 2.05) is 45.0 Å². The van der Waals surface area contributed by atoms with Gasteiger partial charge in [0.1, 0.15) is 5.60 Å². The lowest BCUT2D eigenvalue weighted by atomic mass is 10.1. The van der Waals surface area contributed by atoms with Crippen LogP contribution in [0.1, 0.15) is 39.2 Å². The van der Waals surface area contributed by atoms with Crippen molar-refractivity contribution in [1.29, 1.82) is 0 Å². The molecule has 2 N–H and O–H groups in total. The lowest BCUT2D eigenvalue weighted by molar-refractivity contribution is -0.146. The number of esters is 1. The number of fused-ring (bicyclic) bond motifs is 1. The van der Waals surface area contributed by atoms with Gasteiger partial charge < -0.3 is 20.1 Å². The van der Waals surface area contributed by atoms with Crippen molar-refractivity contribution in [3.05, 3.63) is 29.8 Å². The zero-order chi connectivity index (χ0) is 18.1. The molecule has 1 fully saturated rings.